The first kappa shape index (κ1) is 16.5. The molecule has 0 bridgehead atoms. The topological polar surface area (TPSA) is 132 Å². The zero-order chi connectivity index (χ0) is 17.2. The predicted molar refractivity (Wildman–Crippen MR) is 75.5 cm³/mol. The van der Waals surface area contributed by atoms with E-state index in [0.29, 0.717) is 6.42 Å². The number of aliphatic carboxylic acids is 3. The Balaban J connectivity index is 2.22. The number of carboxylic acids is 3. The van der Waals surface area contributed by atoms with Crippen molar-refractivity contribution in [2.75, 3.05) is 6.54 Å². The first-order valence-corrected chi connectivity index (χ1v) is 6.83. The third kappa shape index (κ3) is 2.87. The quantitative estimate of drug-likeness (QED) is 0.660. The molecule has 0 radical (unpaired) electrons. The molecule has 1 heterocycles. The van der Waals surface area contributed by atoms with Crippen molar-refractivity contribution in [3.8, 4) is 0 Å². The minimum absolute atomic E-state index is 0.198. The zero-order valence-electron chi connectivity index (χ0n) is 12.1. The number of carboxylic acid groups (broad SMARTS) is 3. The van der Waals surface area contributed by atoms with Crippen molar-refractivity contribution in [3.63, 3.8) is 0 Å². The summed E-state index contributed by atoms with van der Waals surface area (Å²) in [4.78, 5) is 47.1. The molecule has 1 aromatic carbocycles. The van der Waals surface area contributed by atoms with E-state index in [-0.39, 0.29) is 13.1 Å². The second kappa shape index (κ2) is 6.07. The molecule has 1 amide bonds. The maximum absolute atomic E-state index is 12.3. The number of hydrogen-bond donors (Lipinski definition) is 3. The van der Waals surface area contributed by atoms with Crippen LogP contribution in [0.15, 0.2) is 24.3 Å². The molecule has 0 saturated carbocycles. The Morgan fingerprint density at radius 3 is 2.00 bits per heavy atom. The van der Waals surface area contributed by atoms with Gasteiger partial charge in [-0.15, -0.1) is 0 Å². The maximum Gasteiger partial charge on any atom is 0.333 e. The molecule has 122 valence electrons. The molecule has 2 rings (SSSR count). The van der Waals surface area contributed by atoms with Gasteiger partial charge in [0.2, 0.25) is 5.91 Å². The van der Waals surface area contributed by atoms with Gasteiger partial charge in [0.05, 0.1) is 6.42 Å². The molecule has 0 aromatic heterocycles. The number of fused-ring (bicyclic) bond motifs is 1. The van der Waals surface area contributed by atoms with Crippen molar-refractivity contribution in [3.05, 3.63) is 35.4 Å². The van der Waals surface area contributed by atoms with Crippen LogP contribution in [0.2, 0.25) is 0 Å². The summed E-state index contributed by atoms with van der Waals surface area (Å²) in [6.45, 7) is 0.481. The van der Waals surface area contributed by atoms with Gasteiger partial charge >= 0.3 is 17.9 Å². The van der Waals surface area contributed by atoms with E-state index < -0.39 is 35.7 Å². The van der Waals surface area contributed by atoms with Gasteiger partial charge in [-0.3, -0.25) is 19.2 Å². The van der Waals surface area contributed by atoms with E-state index in [1.54, 1.807) is 6.07 Å². The number of nitrogens with zero attached hydrogens (tertiary/aromatic N) is 1. The largest absolute Gasteiger partial charge is 0.480 e. The summed E-state index contributed by atoms with van der Waals surface area (Å²) in [6.07, 6.45) is -0.586. The Morgan fingerprint density at radius 2 is 1.48 bits per heavy atom. The molecule has 1 aliphatic heterocycles. The van der Waals surface area contributed by atoms with Crippen LogP contribution in [0.3, 0.4) is 0 Å². The van der Waals surface area contributed by atoms with Crippen LogP contribution in [-0.4, -0.2) is 50.6 Å². The summed E-state index contributed by atoms with van der Waals surface area (Å²) in [5, 5.41) is 27.1. The van der Waals surface area contributed by atoms with Crippen molar-refractivity contribution in [1.29, 1.82) is 0 Å². The number of carbonyl (C=O) groups excluding carboxylic acids is 1. The van der Waals surface area contributed by atoms with E-state index in [4.69, 9.17) is 15.3 Å². The molecule has 0 spiro atoms. The van der Waals surface area contributed by atoms with Crippen LogP contribution in [0.4, 0.5) is 0 Å². The van der Waals surface area contributed by atoms with Crippen molar-refractivity contribution < 1.29 is 34.5 Å². The Kier molecular flexibility index (Phi) is 4.35. The average Bonchev–Trinajstić information content (AvgIpc) is 2.50. The standard InChI is InChI=1S/C15H15NO7/c17-11(7-15(12(18)19,13(20)21)14(22)23)16-6-5-9-3-1-2-4-10(9)8-16/h1-4H,5-8H2,(H,18,19)(H,20,21)(H,22,23). The van der Waals surface area contributed by atoms with Crippen LogP contribution >= 0.6 is 0 Å². The van der Waals surface area contributed by atoms with E-state index in [2.05, 4.69) is 0 Å². The molecular weight excluding hydrogens is 306 g/mol. The fourth-order valence-corrected chi connectivity index (χ4v) is 2.55. The second-order valence-corrected chi connectivity index (χ2v) is 5.33. The van der Waals surface area contributed by atoms with E-state index >= 15 is 0 Å². The van der Waals surface area contributed by atoms with Crippen LogP contribution in [0.1, 0.15) is 17.5 Å². The Labute approximate surface area is 130 Å². The van der Waals surface area contributed by atoms with Gasteiger partial charge in [0, 0.05) is 13.1 Å². The lowest BCUT2D eigenvalue weighted by Crippen LogP contribution is -2.50. The Morgan fingerprint density at radius 1 is 0.957 bits per heavy atom. The van der Waals surface area contributed by atoms with Gasteiger partial charge in [-0.25, -0.2) is 0 Å². The summed E-state index contributed by atoms with van der Waals surface area (Å²) >= 11 is 0. The van der Waals surface area contributed by atoms with E-state index in [0.717, 1.165) is 11.1 Å². The van der Waals surface area contributed by atoms with Crippen LogP contribution in [-0.2, 0) is 32.1 Å². The van der Waals surface area contributed by atoms with Gasteiger partial charge in [-0.1, -0.05) is 24.3 Å². The van der Waals surface area contributed by atoms with Crippen LogP contribution in [0.25, 0.3) is 0 Å². The smallest absolute Gasteiger partial charge is 0.333 e. The lowest BCUT2D eigenvalue weighted by Gasteiger charge is -2.30. The Bertz CT molecular complexity index is 646. The summed E-state index contributed by atoms with van der Waals surface area (Å²) < 4.78 is 0. The van der Waals surface area contributed by atoms with Crippen LogP contribution in [0.5, 0.6) is 0 Å². The SMILES string of the molecule is O=C(CC(C(=O)O)(C(=O)O)C(=O)O)N1CCc2ccccc2C1. The molecule has 8 heteroatoms. The number of carbonyl (C=O) groups is 4. The molecule has 1 aliphatic rings. The summed E-state index contributed by atoms with van der Waals surface area (Å²) in [5.41, 5.74) is -1.25. The molecule has 0 unspecified atom stereocenters. The van der Waals surface area contributed by atoms with Crippen molar-refractivity contribution in [1.82, 2.24) is 4.90 Å². The normalized spacial score (nSPS) is 14.0. The third-order valence-corrected chi connectivity index (χ3v) is 4.00. The van der Waals surface area contributed by atoms with Crippen molar-refractivity contribution in [2.45, 2.75) is 19.4 Å². The molecule has 3 N–H and O–H groups in total. The number of rotatable bonds is 5. The Hall–Kier alpha value is -2.90. The summed E-state index contributed by atoms with van der Waals surface area (Å²) in [5.74, 6) is -7.01. The molecular formula is C15H15NO7. The molecule has 23 heavy (non-hydrogen) atoms. The molecule has 0 saturated heterocycles. The second-order valence-electron chi connectivity index (χ2n) is 5.33. The highest BCUT2D eigenvalue weighted by Crippen LogP contribution is 2.27. The fourth-order valence-electron chi connectivity index (χ4n) is 2.55. The minimum atomic E-state index is -3.17. The maximum atomic E-state index is 12.3. The van der Waals surface area contributed by atoms with E-state index in [1.165, 1.54) is 4.90 Å². The zero-order valence-corrected chi connectivity index (χ0v) is 12.1. The van der Waals surface area contributed by atoms with Gasteiger partial charge in [0.15, 0.2) is 0 Å². The monoisotopic (exact) mass is 321 g/mol. The van der Waals surface area contributed by atoms with Gasteiger partial charge in [0.1, 0.15) is 0 Å². The van der Waals surface area contributed by atoms with Gasteiger partial charge < -0.3 is 20.2 Å². The molecule has 8 nitrogen and oxygen atoms in total. The molecule has 1 aromatic rings. The molecule has 0 fully saturated rings. The highest BCUT2D eigenvalue weighted by atomic mass is 16.4. The first-order valence-electron chi connectivity index (χ1n) is 6.83. The third-order valence-electron chi connectivity index (χ3n) is 4.00. The number of hydrogen-bond acceptors (Lipinski definition) is 4. The first-order chi connectivity index (χ1) is 10.8. The minimum Gasteiger partial charge on any atom is -0.480 e. The summed E-state index contributed by atoms with van der Waals surface area (Å²) in [7, 11) is 0. The predicted octanol–water partition coefficient (Wildman–Crippen LogP) is 0.202. The van der Waals surface area contributed by atoms with Gasteiger partial charge in [-0.05, 0) is 17.5 Å². The van der Waals surface area contributed by atoms with Crippen LogP contribution < -0.4 is 0 Å². The van der Waals surface area contributed by atoms with Crippen LogP contribution in [0, 0.1) is 5.41 Å². The summed E-state index contributed by atoms with van der Waals surface area (Å²) in [6, 6.07) is 7.38. The van der Waals surface area contributed by atoms with Gasteiger partial charge in [0.25, 0.3) is 5.41 Å². The molecule has 0 aliphatic carbocycles. The van der Waals surface area contributed by atoms with Crippen molar-refractivity contribution >= 4 is 23.8 Å². The average molecular weight is 321 g/mol. The highest BCUT2D eigenvalue weighted by molar-refractivity contribution is 6.18. The number of benzene rings is 1. The number of amides is 1. The fraction of sp³-hybridized carbons (Fsp3) is 0.333. The highest BCUT2D eigenvalue weighted by Gasteiger charge is 2.56. The van der Waals surface area contributed by atoms with E-state index in [1.807, 2.05) is 18.2 Å². The lowest BCUT2D eigenvalue weighted by atomic mass is 9.83. The molecule has 0 atom stereocenters. The van der Waals surface area contributed by atoms with Crippen molar-refractivity contribution in [2.24, 2.45) is 5.41 Å². The van der Waals surface area contributed by atoms with Gasteiger partial charge in [-0.2, -0.15) is 0 Å². The lowest BCUT2D eigenvalue weighted by molar-refractivity contribution is -0.178. The van der Waals surface area contributed by atoms with E-state index in [9.17, 15) is 19.2 Å².